The highest BCUT2D eigenvalue weighted by Crippen LogP contribution is 2.28. The van der Waals surface area contributed by atoms with E-state index in [1.165, 1.54) is 32.4 Å². The van der Waals surface area contributed by atoms with Gasteiger partial charge in [-0.2, -0.15) is 5.26 Å². The number of hydrogen-bond donors (Lipinski definition) is 1. The lowest BCUT2D eigenvalue weighted by atomic mass is 10.0. The van der Waals surface area contributed by atoms with Gasteiger partial charge in [-0.05, 0) is 32.2 Å². The van der Waals surface area contributed by atoms with Crippen molar-refractivity contribution in [2.45, 2.75) is 57.2 Å². The van der Waals surface area contributed by atoms with Crippen LogP contribution in [0.1, 0.15) is 39.0 Å². The molecule has 0 spiro atoms. The van der Waals surface area contributed by atoms with Gasteiger partial charge in [0.1, 0.15) is 0 Å². The van der Waals surface area contributed by atoms with Gasteiger partial charge < -0.3 is 5.32 Å². The van der Waals surface area contributed by atoms with Crippen LogP contribution in [-0.2, 0) is 0 Å². The zero-order valence-electron chi connectivity index (χ0n) is 9.58. The number of nitriles is 1. The summed E-state index contributed by atoms with van der Waals surface area (Å²) in [4.78, 5) is 2.61. The van der Waals surface area contributed by atoms with E-state index in [1.807, 2.05) is 0 Å². The molecule has 3 unspecified atom stereocenters. The predicted octanol–water partition coefficient (Wildman–Crippen LogP) is 1.50. The molecule has 0 aliphatic carbocycles. The van der Waals surface area contributed by atoms with Crippen LogP contribution >= 0.6 is 0 Å². The van der Waals surface area contributed by atoms with E-state index in [0.29, 0.717) is 18.5 Å². The molecule has 2 heterocycles. The van der Waals surface area contributed by atoms with Crippen LogP contribution < -0.4 is 5.32 Å². The van der Waals surface area contributed by atoms with Crippen LogP contribution in [0.25, 0.3) is 0 Å². The van der Waals surface area contributed by atoms with E-state index in [1.54, 1.807) is 0 Å². The van der Waals surface area contributed by atoms with Crippen molar-refractivity contribution in [1.29, 1.82) is 5.26 Å². The first-order valence-electron chi connectivity index (χ1n) is 6.22. The Hall–Kier alpha value is -0.590. The first-order chi connectivity index (χ1) is 7.35. The Balaban J connectivity index is 1.86. The van der Waals surface area contributed by atoms with Gasteiger partial charge in [0.2, 0.25) is 0 Å². The molecule has 2 aliphatic heterocycles. The summed E-state index contributed by atoms with van der Waals surface area (Å²) in [7, 11) is 0. The predicted molar refractivity (Wildman–Crippen MR) is 60.4 cm³/mol. The summed E-state index contributed by atoms with van der Waals surface area (Å²) in [5.74, 6) is 0. The van der Waals surface area contributed by atoms with Gasteiger partial charge in [-0.15, -0.1) is 0 Å². The standard InChI is InChI=1S/C12H21N3/c1-2-10(5-7-13)14-11-6-9-15-8-3-4-12(11)15/h10-12,14H,2-6,8-9H2,1H3. The van der Waals surface area contributed by atoms with E-state index in [9.17, 15) is 0 Å². The van der Waals surface area contributed by atoms with Crippen LogP contribution in [0.2, 0.25) is 0 Å². The van der Waals surface area contributed by atoms with Gasteiger partial charge in [0, 0.05) is 24.7 Å². The maximum atomic E-state index is 8.73. The number of nitrogens with zero attached hydrogens (tertiary/aromatic N) is 2. The molecule has 0 aromatic carbocycles. The van der Waals surface area contributed by atoms with Crippen LogP contribution in [0.4, 0.5) is 0 Å². The molecule has 0 aromatic heterocycles. The fourth-order valence-corrected chi connectivity index (χ4v) is 3.01. The molecular formula is C12H21N3. The monoisotopic (exact) mass is 207 g/mol. The molecule has 2 rings (SSSR count). The molecular weight excluding hydrogens is 186 g/mol. The van der Waals surface area contributed by atoms with Crippen molar-refractivity contribution in [1.82, 2.24) is 10.2 Å². The summed E-state index contributed by atoms with van der Waals surface area (Å²) < 4.78 is 0. The average Bonchev–Trinajstić information content (AvgIpc) is 2.81. The third kappa shape index (κ3) is 2.32. The second-order valence-electron chi connectivity index (χ2n) is 4.77. The number of rotatable bonds is 4. The van der Waals surface area contributed by atoms with Crippen molar-refractivity contribution in [2.75, 3.05) is 13.1 Å². The molecule has 0 amide bonds. The Morgan fingerprint density at radius 1 is 1.47 bits per heavy atom. The Morgan fingerprint density at radius 3 is 3.07 bits per heavy atom. The van der Waals surface area contributed by atoms with Gasteiger partial charge in [0.05, 0.1) is 12.5 Å². The summed E-state index contributed by atoms with van der Waals surface area (Å²) in [5, 5.41) is 12.4. The molecule has 2 fully saturated rings. The van der Waals surface area contributed by atoms with E-state index in [2.05, 4.69) is 23.2 Å². The van der Waals surface area contributed by atoms with Crippen LogP contribution in [-0.4, -0.2) is 36.1 Å². The molecule has 15 heavy (non-hydrogen) atoms. The van der Waals surface area contributed by atoms with E-state index >= 15 is 0 Å². The van der Waals surface area contributed by atoms with Crippen molar-refractivity contribution < 1.29 is 0 Å². The lowest BCUT2D eigenvalue weighted by Crippen LogP contribution is -2.44. The third-order valence-corrected chi connectivity index (χ3v) is 3.89. The fraction of sp³-hybridized carbons (Fsp3) is 0.917. The summed E-state index contributed by atoms with van der Waals surface area (Å²) in [5.41, 5.74) is 0. The van der Waals surface area contributed by atoms with Crippen LogP contribution in [0.3, 0.4) is 0 Å². The second-order valence-corrected chi connectivity index (χ2v) is 4.77. The van der Waals surface area contributed by atoms with Crippen LogP contribution in [0, 0.1) is 11.3 Å². The third-order valence-electron chi connectivity index (χ3n) is 3.89. The molecule has 2 aliphatic rings. The molecule has 84 valence electrons. The summed E-state index contributed by atoms with van der Waals surface area (Å²) in [6.45, 7) is 4.71. The van der Waals surface area contributed by atoms with Crippen LogP contribution in [0.5, 0.6) is 0 Å². The van der Waals surface area contributed by atoms with Gasteiger partial charge in [-0.1, -0.05) is 6.92 Å². The molecule has 3 atom stereocenters. The van der Waals surface area contributed by atoms with E-state index in [4.69, 9.17) is 5.26 Å². The minimum Gasteiger partial charge on any atom is -0.309 e. The Kier molecular flexibility index (Phi) is 3.61. The van der Waals surface area contributed by atoms with E-state index in [0.717, 1.165) is 12.5 Å². The molecule has 2 saturated heterocycles. The average molecular weight is 207 g/mol. The van der Waals surface area contributed by atoms with E-state index < -0.39 is 0 Å². The zero-order valence-corrected chi connectivity index (χ0v) is 9.58. The van der Waals surface area contributed by atoms with Crippen molar-refractivity contribution >= 4 is 0 Å². The zero-order chi connectivity index (χ0) is 10.7. The first kappa shape index (κ1) is 10.9. The van der Waals surface area contributed by atoms with Crippen molar-refractivity contribution in [3.8, 4) is 6.07 Å². The number of hydrogen-bond acceptors (Lipinski definition) is 3. The minimum absolute atomic E-state index is 0.403. The normalized spacial score (nSPS) is 32.5. The SMILES string of the molecule is CCC(CC#N)NC1CCN2CCCC12. The Bertz CT molecular complexity index is 246. The van der Waals surface area contributed by atoms with Crippen LogP contribution in [0.15, 0.2) is 0 Å². The largest absolute Gasteiger partial charge is 0.309 e. The highest BCUT2D eigenvalue weighted by molar-refractivity contribution is 4.97. The molecule has 0 radical (unpaired) electrons. The number of nitrogens with one attached hydrogen (secondary N) is 1. The highest BCUT2D eigenvalue weighted by Gasteiger charge is 2.37. The Labute approximate surface area is 92.4 Å². The topological polar surface area (TPSA) is 39.1 Å². The van der Waals surface area contributed by atoms with E-state index in [-0.39, 0.29) is 0 Å². The smallest absolute Gasteiger partial charge is 0.0638 e. The maximum Gasteiger partial charge on any atom is 0.0638 e. The van der Waals surface area contributed by atoms with Gasteiger partial charge >= 0.3 is 0 Å². The summed E-state index contributed by atoms with van der Waals surface area (Å²) >= 11 is 0. The molecule has 0 aromatic rings. The Morgan fingerprint density at radius 2 is 2.33 bits per heavy atom. The van der Waals surface area contributed by atoms with Crippen molar-refractivity contribution in [3.63, 3.8) is 0 Å². The van der Waals surface area contributed by atoms with Crippen molar-refractivity contribution in [2.24, 2.45) is 0 Å². The molecule has 3 nitrogen and oxygen atoms in total. The van der Waals surface area contributed by atoms with Gasteiger partial charge in [0.15, 0.2) is 0 Å². The highest BCUT2D eigenvalue weighted by atomic mass is 15.2. The van der Waals surface area contributed by atoms with Gasteiger partial charge in [-0.25, -0.2) is 0 Å². The number of fused-ring (bicyclic) bond motifs is 1. The van der Waals surface area contributed by atoms with Crippen molar-refractivity contribution in [3.05, 3.63) is 0 Å². The molecule has 1 N–H and O–H groups in total. The summed E-state index contributed by atoms with van der Waals surface area (Å²) in [6.07, 6.45) is 5.70. The second kappa shape index (κ2) is 4.96. The lowest BCUT2D eigenvalue weighted by molar-refractivity contribution is 0.287. The first-order valence-corrected chi connectivity index (χ1v) is 6.22. The molecule has 0 saturated carbocycles. The fourth-order valence-electron chi connectivity index (χ4n) is 3.01. The molecule has 0 bridgehead atoms. The van der Waals surface area contributed by atoms with Gasteiger partial charge in [-0.3, -0.25) is 4.90 Å². The minimum atomic E-state index is 0.403. The summed E-state index contributed by atoms with van der Waals surface area (Å²) in [6, 6.07) is 4.09. The lowest BCUT2D eigenvalue weighted by Gasteiger charge is -2.25. The van der Waals surface area contributed by atoms with Gasteiger partial charge in [0.25, 0.3) is 0 Å². The molecule has 3 heteroatoms. The quantitative estimate of drug-likeness (QED) is 0.759. The maximum absolute atomic E-state index is 8.73.